The van der Waals surface area contributed by atoms with Gasteiger partial charge in [0.2, 0.25) is 17.7 Å². The molecule has 154 valence electrons. The zero-order valence-electron chi connectivity index (χ0n) is 17.0. The molecule has 0 aromatic carbocycles. The van der Waals surface area contributed by atoms with Crippen molar-refractivity contribution in [2.24, 2.45) is 5.92 Å². The molecule has 0 bridgehead atoms. The normalized spacial score (nSPS) is 20.7. The van der Waals surface area contributed by atoms with Gasteiger partial charge in [-0.05, 0) is 33.2 Å². The number of nitrogens with zero attached hydrogens (tertiary/aromatic N) is 2. The number of rotatable bonds is 9. The molecule has 1 saturated heterocycles. The van der Waals surface area contributed by atoms with E-state index in [1.807, 2.05) is 13.8 Å². The Morgan fingerprint density at radius 1 is 1.22 bits per heavy atom. The highest BCUT2D eigenvalue weighted by Crippen LogP contribution is 2.21. The van der Waals surface area contributed by atoms with Crippen LogP contribution in [0, 0.1) is 5.92 Å². The lowest BCUT2D eigenvalue weighted by molar-refractivity contribution is -0.161. The first kappa shape index (κ1) is 22.9. The molecular formula is C18H32N4O5. The average molecular weight is 384 g/mol. The molecule has 0 unspecified atom stereocenters. The van der Waals surface area contributed by atoms with Crippen LogP contribution in [0.25, 0.3) is 0 Å². The van der Waals surface area contributed by atoms with Crippen LogP contribution >= 0.6 is 0 Å². The summed E-state index contributed by atoms with van der Waals surface area (Å²) in [6.45, 7) is 7.42. The van der Waals surface area contributed by atoms with E-state index < -0.39 is 36.0 Å². The second-order valence-corrected chi connectivity index (χ2v) is 7.18. The predicted octanol–water partition coefficient (Wildman–Crippen LogP) is -0.342. The van der Waals surface area contributed by atoms with E-state index in [1.165, 1.54) is 16.8 Å². The van der Waals surface area contributed by atoms with Crippen molar-refractivity contribution in [3.8, 4) is 0 Å². The first-order valence-corrected chi connectivity index (χ1v) is 9.34. The summed E-state index contributed by atoms with van der Waals surface area (Å²) in [5.41, 5.74) is 0. The number of likely N-dealkylation sites (tertiary alicyclic amines) is 1. The fraction of sp³-hybridized carbons (Fsp3) is 0.778. The number of carbonyl (C=O) groups is 4. The molecule has 0 aliphatic carbocycles. The van der Waals surface area contributed by atoms with Crippen LogP contribution in [0.15, 0.2) is 0 Å². The number of nitrogens with one attached hydrogen (secondary N) is 2. The number of likely N-dealkylation sites (N-methyl/N-ethyl adjacent to an activating group) is 2. The number of hydrogen-bond acceptors (Lipinski definition) is 5. The maximum absolute atomic E-state index is 13.0. The summed E-state index contributed by atoms with van der Waals surface area (Å²) in [7, 11) is 3.16. The van der Waals surface area contributed by atoms with Gasteiger partial charge < -0.3 is 25.5 Å². The van der Waals surface area contributed by atoms with Crippen LogP contribution in [-0.2, 0) is 19.2 Å². The monoisotopic (exact) mass is 384 g/mol. The van der Waals surface area contributed by atoms with Crippen LogP contribution in [0.1, 0.15) is 40.5 Å². The Bertz CT molecular complexity index is 582. The molecule has 1 heterocycles. The highest BCUT2D eigenvalue weighted by atomic mass is 16.4. The molecule has 0 saturated carbocycles. The second-order valence-electron chi connectivity index (χ2n) is 7.18. The zero-order valence-corrected chi connectivity index (χ0v) is 17.0. The lowest BCUT2D eigenvalue weighted by Crippen LogP contribution is -2.62. The van der Waals surface area contributed by atoms with Gasteiger partial charge in [0.1, 0.15) is 18.1 Å². The quantitative estimate of drug-likeness (QED) is 0.500. The molecule has 27 heavy (non-hydrogen) atoms. The van der Waals surface area contributed by atoms with Gasteiger partial charge >= 0.3 is 5.97 Å². The van der Waals surface area contributed by atoms with E-state index in [0.29, 0.717) is 19.4 Å². The average Bonchev–Trinajstić information content (AvgIpc) is 2.60. The van der Waals surface area contributed by atoms with Gasteiger partial charge in [0, 0.05) is 13.6 Å². The summed E-state index contributed by atoms with van der Waals surface area (Å²) in [4.78, 5) is 51.5. The minimum atomic E-state index is -1.04. The largest absolute Gasteiger partial charge is 0.480 e. The summed E-state index contributed by atoms with van der Waals surface area (Å²) in [5, 5.41) is 14.7. The molecule has 1 aliphatic heterocycles. The molecule has 9 nitrogen and oxygen atoms in total. The van der Waals surface area contributed by atoms with E-state index in [4.69, 9.17) is 5.11 Å². The summed E-state index contributed by atoms with van der Waals surface area (Å²) in [5.74, 6) is -2.22. The van der Waals surface area contributed by atoms with Gasteiger partial charge in [0.25, 0.3) is 0 Å². The first-order chi connectivity index (χ1) is 12.6. The van der Waals surface area contributed by atoms with Crippen molar-refractivity contribution in [2.45, 2.75) is 64.7 Å². The number of carboxylic acids is 1. The number of carbonyl (C=O) groups excluding carboxylic acids is 3. The molecule has 0 spiro atoms. The molecule has 9 heteroatoms. The molecule has 1 aliphatic rings. The van der Waals surface area contributed by atoms with E-state index in [2.05, 4.69) is 10.6 Å². The second kappa shape index (κ2) is 9.68. The number of hydrogen-bond donors (Lipinski definition) is 3. The van der Waals surface area contributed by atoms with Gasteiger partial charge in [0.15, 0.2) is 0 Å². The Balaban J connectivity index is 2.88. The smallest absolute Gasteiger partial charge is 0.326 e. The predicted molar refractivity (Wildman–Crippen MR) is 99.9 cm³/mol. The summed E-state index contributed by atoms with van der Waals surface area (Å²) >= 11 is 0. The van der Waals surface area contributed by atoms with Crippen molar-refractivity contribution in [3.05, 3.63) is 0 Å². The highest BCUT2D eigenvalue weighted by Gasteiger charge is 2.41. The molecule has 1 rings (SSSR count). The Labute approximate surface area is 160 Å². The maximum Gasteiger partial charge on any atom is 0.326 e. The van der Waals surface area contributed by atoms with Crippen LogP contribution in [-0.4, -0.2) is 83.4 Å². The molecule has 0 aromatic rings. The van der Waals surface area contributed by atoms with Gasteiger partial charge in [0.05, 0.1) is 6.04 Å². The Kier molecular flexibility index (Phi) is 8.20. The standard InChI is InChI=1S/C18H32N4O5/c1-7-10(2)14(20-15(23)11(3)19-5)17(25)21(6)12(4)16(24)22-9-8-13(22)18(26)27/h10-14,19H,7-9H2,1-6H3,(H,20,23)(H,26,27)/t10-,11-,12-,13-,14-/m0/s1. The van der Waals surface area contributed by atoms with E-state index in [0.717, 1.165) is 0 Å². The van der Waals surface area contributed by atoms with Crippen molar-refractivity contribution >= 4 is 23.7 Å². The third kappa shape index (κ3) is 5.18. The van der Waals surface area contributed by atoms with Crippen LogP contribution in [0.5, 0.6) is 0 Å². The summed E-state index contributed by atoms with van der Waals surface area (Å²) in [6, 6.07) is -2.86. The summed E-state index contributed by atoms with van der Waals surface area (Å²) in [6.07, 6.45) is 1.09. The fourth-order valence-corrected chi connectivity index (χ4v) is 2.82. The van der Waals surface area contributed by atoms with Gasteiger partial charge in [-0.25, -0.2) is 4.79 Å². The van der Waals surface area contributed by atoms with Crippen LogP contribution in [0.3, 0.4) is 0 Å². The highest BCUT2D eigenvalue weighted by molar-refractivity contribution is 5.94. The maximum atomic E-state index is 13.0. The van der Waals surface area contributed by atoms with Gasteiger partial charge in [-0.2, -0.15) is 0 Å². The molecular weight excluding hydrogens is 352 g/mol. The fourth-order valence-electron chi connectivity index (χ4n) is 2.82. The van der Waals surface area contributed by atoms with Gasteiger partial charge in [-0.3, -0.25) is 14.4 Å². The Morgan fingerprint density at radius 2 is 1.81 bits per heavy atom. The third-order valence-corrected chi connectivity index (χ3v) is 5.48. The van der Waals surface area contributed by atoms with Crippen LogP contribution in [0.4, 0.5) is 0 Å². The van der Waals surface area contributed by atoms with E-state index in [1.54, 1.807) is 20.9 Å². The van der Waals surface area contributed by atoms with Crippen molar-refractivity contribution in [2.75, 3.05) is 20.6 Å². The third-order valence-electron chi connectivity index (χ3n) is 5.48. The van der Waals surface area contributed by atoms with Gasteiger partial charge in [-0.1, -0.05) is 20.3 Å². The molecule has 1 fully saturated rings. The molecule has 3 amide bonds. The molecule has 3 N–H and O–H groups in total. The SMILES string of the molecule is CC[C@H](C)[C@H](NC(=O)[C@H](C)NC)C(=O)N(C)[C@@H](C)C(=O)N1CC[C@H]1C(=O)O. The summed E-state index contributed by atoms with van der Waals surface area (Å²) < 4.78 is 0. The van der Waals surface area contributed by atoms with Crippen LogP contribution < -0.4 is 10.6 Å². The van der Waals surface area contributed by atoms with E-state index >= 15 is 0 Å². The lowest BCUT2D eigenvalue weighted by atomic mass is 9.96. The zero-order chi connectivity index (χ0) is 20.9. The Hall–Kier alpha value is -2.16. The minimum Gasteiger partial charge on any atom is -0.480 e. The van der Waals surface area contributed by atoms with Crippen molar-refractivity contribution in [1.82, 2.24) is 20.4 Å². The topological polar surface area (TPSA) is 119 Å². The minimum absolute atomic E-state index is 0.119. The van der Waals surface area contributed by atoms with E-state index in [9.17, 15) is 19.2 Å². The first-order valence-electron chi connectivity index (χ1n) is 9.34. The number of amides is 3. The Morgan fingerprint density at radius 3 is 2.22 bits per heavy atom. The number of aliphatic carboxylic acids is 1. The molecule has 0 radical (unpaired) electrons. The number of carboxylic acid groups (broad SMARTS) is 1. The lowest BCUT2D eigenvalue weighted by Gasteiger charge is -2.41. The molecule has 0 aromatic heterocycles. The van der Waals surface area contributed by atoms with Gasteiger partial charge in [-0.15, -0.1) is 0 Å². The van der Waals surface area contributed by atoms with Crippen molar-refractivity contribution < 1.29 is 24.3 Å². The van der Waals surface area contributed by atoms with Crippen molar-refractivity contribution in [3.63, 3.8) is 0 Å². The van der Waals surface area contributed by atoms with E-state index in [-0.39, 0.29) is 17.7 Å². The van der Waals surface area contributed by atoms with Crippen LogP contribution in [0.2, 0.25) is 0 Å². The molecule has 5 atom stereocenters. The van der Waals surface area contributed by atoms with Crippen molar-refractivity contribution in [1.29, 1.82) is 0 Å².